The highest BCUT2D eigenvalue weighted by atomic mass is 16.5. The van der Waals surface area contributed by atoms with Crippen LogP contribution in [0.5, 0.6) is 0 Å². The first-order valence-electron chi connectivity index (χ1n) is 3.56. The largest absolute Gasteiger partial charge is 0.378 e. The summed E-state index contributed by atoms with van der Waals surface area (Å²) in [6.07, 6.45) is 0. The van der Waals surface area contributed by atoms with Crippen LogP contribution in [0.1, 0.15) is 0 Å². The van der Waals surface area contributed by atoms with E-state index in [0.29, 0.717) is 33.0 Å². The molecule has 0 saturated heterocycles. The van der Waals surface area contributed by atoms with E-state index in [1.807, 2.05) is 0 Å². The molecule has 0 aliphatic heterocycles. The number of hydrogen-bond donors (Lipinski definition) is 2. The van der Waals surface area contributed by atoms with Crippen LogP contribution in [0.4, 0.5) is 0 Å². The normalized spacial score (nSPS) is 10.2. The van der Waals surface area contributed by atoms with Gasteiger partial charge in [-0.2, -0.15) is 0 Å². The molecule has 0 aromatic rings. The standard InChI is InChI=1S/C6H16N2O2/c7-1-3-9-5-6-10-4-2-8/h1-8H2/p+1. The molecule has 4 heteroatoms. The second-order valence-electron chi connectivity index (χ2n) is 1.87. The van der Waals surface area contributed by atoms with E-state index in [-0.39, 0.29) is 0 Å². The predicted octanol–water partition coefficient (Wildman–Crippen LogP) is -1.78. The minimum absolute atomic E-state index is 0.579. The lowest BCUT2D eigenvalue weighted by molar-refractivity contribution is -0.374. The molecular weight excluding hydrogens is 132 g/mol. The Morgan fingerprint density at radius 1 is 1.00 bits per heavy atom. The summed E-state index contributed by atoms with van der Waals surface area (Å²) in [4.78, 5) is 0. The Morgan fingerprint density at radius 2 is 1.60 bits per heavy atom. The third-order valence-electron chi connectivity index (χ3n) is 0.923. The van der Waals surface area contributed by atoms with Crippen molar-refractivity contribution < 1.29 is 15.2 Å². The minimum atomic E-state index is 0.579. The van der Waals surface area contributed by atoms with Crippen molar-refractivity contribution in [2.24, 2.45) is 5.73 Å². The fourth-order valence-corrected chi connectivity index (χ4v) is 0.507. The summed E-state index contributed by atoms with van der Waals surface area (Å²) < 4.78 is 10.2. The Bertz CT molecular complexity index is 53.7. The van der Waals surface area contributed by atoms with Gasteiger partial charge in [0.05, 0.1) is 33.0 Å². The summed E-state index contributed by atoms with van der Waals surface area (Å²) >= 11 is 0. The zero-order valence-electron chi connectivity index (χ0n) is 6.34. The van der Waals surface area contributed by atoms with Crippen molar-refractivity contribution in [2.45, 2.75) is 0 Å². The average Bonchev–Trinajstić information content (AvgIpc) is 1.97. The lowest BCUT2D eigenvalue weighted by Crippen LogP contribution is -2.52. The maximum Gasteiger partial charge on any atom is 0.0977 e. The first-order valence-corrected chi connectivity index (χ1v) is 3.56. The van der Waals surface area contributed by atoms with Crippen molar-refractivity contribution in [2.75, 3.05) is 39.5 Å². The molecule has 0 aromatic carbocycles. The van der Waals surface area contributed by atoms with Gasteiger partial charge in [-0.05, 0) is 0 Å². The molecule has 0 spiro atoms. The fraction of sp³-hybridized carbons (Fsp3) is 1.00. The maximum absolute atomic E-state index is 5.19. The number of rotatable bonds is 7. The van der Waals surface area contributed by atoms with Crippen LogP contribution in [0.2, 0.25) is 0 Å². The molecule has 0 unspecified atom stereocenters. The Balaban J connectivity index is 2.65. The number of nitrogens with two attached hydrogens (primary N) is 1. The summed E-state index contributed by atoms with van der Waals surface area (Å²) in [5, 5.41) is 0. The zero-order valence-corrected chi connectivity index (χ0v) is 6.34. The summed E-state index contributed by atoms with van der Waals surface area (Å²) in [7, 11) is 0. The Kier molecular flexibility index (Phi) is 8.70. The molecule has 0 amide bonds. The summed E-state index contributed by atoms with van der Waals surface area (Å²) in [5.41, 5.74) is 8.83. The van der Waals surface area contributed by atoms with E-state index in [1.165, 1.54) is 0 Å². The van der Waals surface area contributed by atoms with E-state index in [4.69, 9.17) is 15.2 Å². The van der Waals surface area contributed by atoms with Gasteiger partial charge < -0.3 is 20.9 Å². The molecule has 0 aliphatic rings. The fourth-order valence-electron chi connectivity index (χ4n) is 0.507. The SMILES string of the molecule is NCCOCCOCC[NH3+]. The van der Waals surface area contributed by atoms with E-state index in [2.05, 4.69) is 5.73 Å². The van der Waals surface area contributed by atoms with Crippen LogP contribution in [0, 0.1) is 0 Å². The smallest absolute Gasteiger partial charge is 0.0977 e. The molecule has 0 radical (unpaired) electrons. The van der Waals surface area contributed by atoms with Crippen molar-refractivity contribution in [3.63, 3.8) is 0 Å². The van der Waals surface area contributed by atoms with Crippen LogP contribution < -0.4 is 11.5 Å². The molecule has 0 aliphatic carbocycles. The Hall–Kier alpha value is -0.160. The maximum atomic E-state index is 5.19. The molecule has 0 aromatic heterocycles. The number of quaternary nitrogens is 1. The highest BCUT2D eigenvalue weighted by molar-refractivity contribution is 4.32. The number of ether oxygens (including phenoxy) is 2. The van der Waals surface area contributed by atoms with Gasteiger partial charge in [-0.1, -0.05) is 0 Å². The Labute approximate surface area is 61.5 Å². The van der Waals surface area contributed by atoms with E-state index in [0.717, 1.165) is 6.54 Å². The second kappa shape index (κ2) is 8.84. The van der Waals surface area contributed by atoms with Gasteiger partial charge in [-0.15, -0.1) is 0 Å². The minimum Gasteiger partial charge on any atom is -0.378 e. The van der Waals surface area contributed by atoms with Gasteiger partial charge in [-0.3, -0.25) is 0 Å². The molecule has 0 saturated carbocycles. The monoisotopic (exact) mass is 149 g/mol. The van der Waals surface area contributed by atoms with E-state index in [9.17, 15) is 0 Å². The summed E-state index contributed by atoms with van der Waals surface area (Å²) in [5.74, 6) is 0. The second-order valence-corrected chi connectivity index (χ2v) is 1.87. The van der Waals surface area contributed by atoms with E-state index >= 15 is 0 Å². The van der Waals surface area contributed by atoms with Gasteiger partial charge in [0.1, 0.15) is 0 Å². The van der Waals surface area contributed by atoms with Crippen LogP contribution in [0.25, 0.3) is 0 Å². The molecule has 5 N–H and O–H groups in total. The first-order chi connectivity index (χ1) is 4.91. The van der Waals surface area contributed by atoms with Crippen molar-refractivity contribution in [3.05, 3.63) is 0 Å². The zero-order chi connectivity index (χ0) is 7.66. The van der Waals surface area contributed by atoms with Crippen LogP contribution in [0.15, 0.2) is 0 Å². The Morgan fingerprint density at radius 3 is 2.10 bits per heavy atom. The molecule has 0 bridgehead atoms. The van der Waals surface area contributed by atoms with Crippen molar-refractivity contribution in [3.8, 4) is 0 Å². The van der Waals surface area contributed by atoms with Gasteiger partial charge in [0.25, 0.3) is 0 Å². The van der Waals surface area contributed by atoms with Crippen molar-refractivity contribution >= 4 is 0 Å². The van der Waals surface area contributed by atoms with Crippen LogP contribution in [-0.4, -0.2) is 39.5 Å². The quantitative estimate of drug-likeness (QED) is 0.420. The number of hydrogen-bond acceptors (Lipinski definition) is 3. The molecule has 10 heavy (non-hydrogen) atoms. The van der Waals surface area contributed by atoms with Crippen LogP contribution >= 0.6 is 0 Å². The lowest BCUT2D eigenvalue weighted by Gasteiger charge is -2.01. The highest BCUT2D eigenvalue weighted by Crippen LogP contribution is 1.75. The molecule has 0 atom stereocenters. The van der Waals surface area contributed by atoms with Gasteiger partial charge >= 0.3 is 0 Å². The van der Waals surface area contributed by atoms with Crippen molar-refractivity contribution in [1.82, 2.24) is 0 Å². The lowest BCUT2D eigenvalue weighted by atomic mass is 10.7. The van der Waals surface area contributed by atoms with Crippen molar-refractivity contribution in [1.29, 1.82) is 0 Å². The molecule has 0 fully saturated rings. The highest BCUT2D eigenvalue weighted by Gasteiger charge is 1.86. The van der Waals surface area contributed by atoms with Crippen LogP contribution in [-0.2, 0) is 9.47 Å². The van der Waals surface area contributed by atoms with Gasteiger partial charge in [0, 0.05) is 6.54 Å². The third-order valence-corrected chi connectivity index (χ3v) is 0.923. The molecule has 4 nitrogen and oxygen atoms in total. The topological polar surface area (TPSA) is 72.1 Å². The summed E-state index contributed by atoms with van der Waals surface area (Å²) in [6, 6.07) is 0. The van der Waals surface area contributed by atoms with E-state index < -0.39 is 0 Å². The molecular formula is C6H17N2O2+. The third kappa shape index (κ3) is 7.84. The first kappa shape index (κ1) is 9.84. The molecule has 62 valence electrons. The van der Waals surface area contributed by atoms with Gasteiger partial charge in [0.15, 0.2) is 0 Å². The average molecular weight is 149 g/mol. The van der Waals surface area contributed by atoms with Gasteiger partial charge in [-0.25, -0.2) is 0 Å². The predicted molar refractivity (Wildman–Crippen MR) is 38.4 cm³/mol. The summed E-state index contributed by atoms with van der Waals surface area (Å²) in [6.45, 7) is 4.01. The molecule has 0 heterocycles. The van der Waals surface area contributed by atoms with Crippen LogP contribution in [0.3, 0.4) is 0 Å². The molecule has 0 rings (SSSR count). The van der Waals surface area contributed by atoms with Gasteiger partial charge in [0.2, 0.25) is 0 Å². The van der Waals surface area contributed by atoms with E-state index in [1.54, 1.807) is 0 Å².